The molecule has 0 aliphatic rings. The fraction of sp³-hybridized carbons (Fsp3) is 0. The minimum absolute atomic E-state index is 0.596. The minimum Gasteiger partial charge on any atom is -0.456 e. The topological polar surface area (TPSA) is 65.0 Å². The van der Waals surface area contributed by atoms with Crippen molar-refractivity contribution < 1.29 is 8.83 Å². The van der Waals surface area contributed by atoms with E-state index in [9.17, 15) is 0 Å². The molecule has 0 N–H and O–H groups in total. The molecule has 234 valence electrons. The Hall–Kier alpha value is -6.85. The molecular weight excluding hydrogens is 615 g/mol. The highest BCUT2D eigenvalue weighted by atomic mass is 16.3. The van der Waals surface area contributed by atoms with Crippen LogP contribution in [0.4, 0.5) is 0 Å². The minimum atomic E-state index is 0.596. The Morgan fingerprint density at radius 3 is 1.52 bits per heavy atom. The first-order chi connectivity index (χ1) is 24.8. The second-order valence-electron chi connectivity index (χ2n) is 12.4. The van der Waals surface area contributed by atoms with Crippen molar-refractivity contribution in [3.8, 4) is 56.4 Å². The zero-order chi connectivity index (χ0) is 33.0. The molecule has 3 heterocycles. The highest BCUT2D eigenvalue weighted by Gasteiger charge is 2.19. The predicted molar refractivity (Wildman–Crippen MR) is 202 cm³/mol. The number of hydrogen-bond donors (Lipinski definition) is 0. The maximum Gasteiger partial charge on any atom is 0.164 e. The Morgan fingerprint density at radius 2 is 0.800 bits per heavy atom. The van der Waals surface area contributed by atoms with Crippen molar-refractivity contribution in [2.45, 2.75) is 0 Å². The summed E-state index contributed by atoms with van der Waals surface area (Å²) in [4.78, 5) is 15.1. The zero-order valence-electron chi connectivity index (χ0n) is 26.7. The lowest BCUT2D eigenvalue weighted by atomic mass is 9.94. The van der Waals surface area contributed by atoms with E-state index in [-0.39, 0.29) is 0 Å². The summed E-state index contributed by atoms with van der Waals surface area (Å²) >= 11 is 0. The summed E-state index contributed by atoms with van der Waals surface area (Å²) < 4.78 is 12.7. The lowest BCUT2D eigenvalue weighted by Crippen LogP contribution is -2.00. The normalized spacial score (nSPS) is 11.6. The second kappa shape index (κ2) is 11.4. The van der Waals surface area contributed by atoms with Gasteiger partial charge in [0, 0.05) is 43.8 Å². The van der Waals surface area contributed by atoms with Crippen molar-refractivity contribution in [1.82, 2.24) is 15.0 Å². The molecule has 0 spiro atoms. The van der Waals surface area contributed by atoms with Gasteiger partial charge in [-0.2, -0.15) is 0 Å². The Balaban J connectivity index is 1.13. The van der Waals surface area contributed by atoms with Gasteiger partial charge in [0.2, 0.25) is 0 Å². The van der Waals surface area contributed by atoms with Crippen LogP contribution in [0.1, 0.15) is 0 Å². The van der Waals surface area contributed by atoms with Crippen LogP contribution in [0.3, 0.4) is 0 Å². The predicted octanol–water partition coefficient (Wildman–Crippen LogP) is 12.0. The number of fused-ring (bicyclic) bond motifs is 6. The summed E-state index contributed by atoms with van der Waals surface area (Å²) in [6.45, 7) is 0. The molecule has 0 bridgehead atoms. The first-order valence-electron chi connectivity index (χ1n) is 16.6. The molecule has 0 saturated carbocycles. The Kier molecular flexibility index (Phi) is 6.42. The van der Waals surface area contributed by atoms with Crippen LogP contribution in [0.2, 0.25) is 0 Å². The van der Waals surface area contributed by atoms with E-state index in [1.807, 2.05) is 78.9 Å². The Morgan fingerprint density at radius 1 is 0.300 bits per heavy atom. The van der Waals surface area contributed by atoms with Crippen LogP contribution in [0.5, 0.6) is 0 Å². The molecule has 5 nitrogen and oxygen atoms in total. The molecule has 0 unspecified atom stereocenters. The maximum absolute atomic E-state index is 6.52. The molecule has 0 amide bonds. The molecule has 50 heavy (non-hydrogen) atoms. The van der Waals surface area contributed by atoms with Gasteiger partial charge in [0.05, 0.1) is 0 Å². The van der Waals surface area contributed by atoms with E-state index in [0.717, 1.165) is 82.8 Å². The molecule has 5 heteroatoms. The van der Waals surface area contributed by atoms with Crippen molar-refractivity contribution in [1.29, 1.82) is 0 Å². The molecule has 10 aromatic rings. The fourth-order valence-electron chi connectivity index (χ4n) is 7.02. The van der Waals surface area contributed by atoms with Crippen molar-refractivity contribution in [2.24, 2.45) is 0 Å². The largest absolute Gasteiger partial charge is 0.456 e. The monoisotopic (exact) mass is 641 g/mol. The van der Waals surface area contributed by atoms with Crippen LogP contribution in [0.15, 0.2) is 173 Å². The number of aromatic nitrogens is 3. The van der Waals surface area contributed by atoms with E-state index in [4.69, 9.17) is 23.8 Å². The third kappa shape index (κ3) is 4.60. The van der Waals surface area contributed by atoms with Crippen molar-refractivity contribution in [3.05, 3.63) is 164 Å². The van der Waals surface area contributed by atoms with Crippen LogP contribution < -0.4 is 0 Å². The summed E-state index contributed by atoms with van der Waals surface area (Å²) in [7, 11) is 0. The summed E-state index contributed by atoms with van der Waals surface area (Å²) in [5.74, 6) is 1.81. The molecule has 0 aliphatic heterocycles. The molecule has 0 radical (unpaired) electrons. The van der Waals surface area contributed by atoms with E-state index in [2.05, 4.69) is 84.9 Å². The molecule has 0 fully saturated rings. The summed E-state index contributed by atoms with van der Waals surface area (Å²) in [5, 5.41) is 4.21. The first kappa shape index (κ1) is 28.2. The van der Waals surface area contributed by atoms with Crippen LogP contribution in [0.25, 0.3) is 100 Å². The lowest BCUT2D eigenvalue weighted by Gasteiger charge is -2.11. The average Bonchev–Trinajstić information content (AvgIpc) is 3.77. The van der Waals surface area contributed by atoms with Gasteiger partial charge in [-0.15, -0.1) is 0 Å². The second-order valence-corrected chi connectivity index (χ2v) is 12.4. The number of furan rings is 2. The summed E-state index contributed by atoms with van der Waals surface area (Å²) in [5.41, 5.74) is 10.5. The van der Waals surface area contributed by atoms with Gasteiger partial charge < -0.3 is 8.83 Å². The van der Waals surface area contributed by atoms with Crippen molar-refractivity contribution in [2.75, 3.05) is 0 Å². The SMILES string of the molecule is c1ccc(-c2nc(-c3ccc(-c4ccc(-c5ccccc5)c5oc6ccccc6c45)cc3)nc(-c3cccc4oc5ccccc5c34)n2)cc1. The van der Waals surface area contributed by atoms with Gasteiger partial charge in [-0.1, -0.05) is 140 Å². The highest BCUT2D eigenvalue weighted by Crippen LogP contribution is 2.42. The lowest BCUT2D eigenvalue weighted by molar-refractivity contribution is 0.669. The smallest absolute Gasteiger partial charge is 0.164 e. The number of hydrogen-bond acceptors (Lipinski definition) is 5. The van der Waals surface area contributed by atoms with Crippen LogP contribution in [0, 0.1) is 0 Å². The quantitative estimate of drug-likeness (QED) is 0.187. The summed E-state index contributed by atoms with van der Waals surface area (Å²) in [6.07, 6.45) is 0. The third-order valence-corrected chi connectivity index (χ3v) is 9.38. The molecule has 0 saturated heterocycles. The van der Waals surface area contributed by atoms with E-state index in [0.29, 0.717) is 17.5 Å². The molecule has 10 rings (SSSR count). The number of rotatable bonds is 5. The van der Waals surface area contributed by atoms with E-state index >= 15 is 0 Å². The standard InChI is InChI=1S/C45H27N3O2/c1-3-12-28(13-4-1)33-27-26-32(41-35-17-8-10-20-38(35)50-42(33)41)29-22-24-31(25-23-29)44-46-43(30-14-5-2-6-15-30)47-45(48-44)36-18-11-21-39-40(36)34-16-7-9-19-37(34)49-39/h1-27H. The van der Waals surface area contributed by atoms with Crippen LogP contribution in [-0.2, 0) is 0 Å². The van der Waals surface area contributed by atoms with Gasteiger partial charge in [0.25, 0.3) is 0 Å². The molecule has 0 aliphatic carbocycles. The average molecular weight is 642 g/mol. The van der Waals surface area contributed by atoms with Gasteiger partial charge in [-0.25, -0.2) is 15.0 Å². The maximum atomic E-state index is 6.52. The molecule has 7 aromatic carbocycles. The highest BCUT2D eigenvalue weighted by molar-refractivity contribution is 6.16. The van der Waals surface area contributed by atoms with Gasteiger partial charge in [-0.3, -0.25) is 0 Å². The number of nitrogens with zero attached hydrogens (tertiary/aromatic N) is 3. The first-order valence-corrected chi connectivity index (χ1v) is 16.6. The zero-order valence-corrected chi connectivity index (χ0v) is 26.7. The number of benzene rings is 7. The van der Waals surface area contributed by atoms with Crippen molar-refractivity contribution >= 4 is 43.9 Å². The van der Waals surface area contributed by atoms with Gasteiger partial charge >= 0.3 is 0 Å². The Labute approximate surface area is 287 Å². The van der Waals surface area contributed by atoms with Gasteiger partial charge in [0.1, 0.15) is 22.3 Å². The fourth-order valence-corrected chi connectivity index (χ4v) is 7.02. The van der Waals surface area contributed by atoms with Crippen molar-refractivity contribution in [3.63, 3.8) is 0 Å². The molecule has 0 atom stereocenters. The summed E-state index contributed by atoms with van der Waals surface area (Å²) in [6, 6.07) is 55.7. The molecule has 3 aromatic heterocycles. The van der Waals surface area contributed by atoms with E-state index < -0.39 is 0 Å². The third-order valence-electron chi connectivity index (χ3n) is 9.38. The molecular formula is C45H27N3O2. The van der Waals surface area contributed by atoms with Crippen LogP contribution >= 0.6 is 0 Å². The van der Waals surface area contributed by atoms with Crippen LogP contribution in [-0.4, -0.2) is 15.0 Å². The van der Waals surface area contributed by atoms with Gasteiger partial charge in [-0.05, 0) is 41.0 Å². The number of para-hydroxylation sites is 2. The van der Waals surface area contributed by atoms with E-state index in [1.54, 1.807) is 0 Å². The van der Waals surface area contributed by atoms with E-state index in [1.165, 1.54) is 0 Å². The van der Waals surface area contributed by atoms with Gasteiger partial charge in [0.15, 0.2) is 17.5 Å². The Bertz CT molecular complexity index is 2850.